The van der Waals surface area contributed by atoms with Gasteiger partial charge in [0.1, 0.15) is 29.6 Å². The van der Waals surface area contributed by atoms with Gasteiger partial charge in [-0.3, -0.25) is 4.79 Å². The molecule has 1 unspecified atom stereocenters. The van der Waals surface area contributed by atoms with Crippen LogP contribution >= 0.6 is 0 Å². The van der Waals surface area contributed by atoms with Crippen LogP contribution in [0.15, 0.2) is 36.8 Å². The predicted molar refractivity (Wildman–Crippen MR) is 131 cm³/mol. The van der Waals surface area contributed by atoms with E-state index >= 15 is 0 Å². The van der Waals surface area contributed by atoms with Crippen molar-refractivity contribution in [3.8, 4) is 17.3 Å². The van der Waals surface area contributed by atoms with Gasteiger partial charge in [-0.05, 0) is 56.2 Å². The SMILES string of the molecule is Cc1cc(-c2nc(C(C)Nc3ncnc(N)c3C#N)nn3cccc23)cc(C)c1C(=O)NCCO. The van der Waals surface area contributed by atoms with Crippen LogP contribution in [-0.4, -0.2) is 48.7 Å². The maximum absolute atomic E-state index is 12.6. The number of aryl methyl sites for hydroxylation is 2. The summed E-state index contributed by atoms with van der Waals surface area (Å²) < 4.78 is 1.74. The summed E-state index contributed by atoms with van der Waals surface area (Å²) in [4.78, 5) is 25.4. The van der Waals surface area contributed by atoms with Gasteiger partial charge in [0.25, 0.3) is 5.91 Å². The Balaban J connectivity index is 1.75. The Bertz CT molecular complexity index is 1430. The van der Waals surface area contributed by atoms with Crippen molar-refractivity contribution in [2.75, 3.05) is 24.2 Å². The molecule has 0 saturated carbocycles. The quantitative estimate of drug-likeness (QED) is 0.316. The van der Waals surface area contributed by atoms with Crippen molar-refractivity contribution in [1.29, 1.82) is 5.26 Å². The fraction of sp³-hybridized carbons (Fsp3) is 0.250. The molecule has 0 aliphatic heterocycles. The molecule has 11 heteroatoms. The van der Waals surface area contributed by atoms with Crippen molar-refractivity contribution in [2.24, 2.45) is 0 Å². The zero-order valence-corrected chi connectivity index (χ0v) is 19.6. The third kappa shape index (κ3) is 4.60. The molecule has 0 aliphatic rings. The maximum Gasteiger partial charge on any atom is 0.251 e. The normalized spacial score (nSPS) is 11.7. The van der Waals surface area contributed by atoms with Gasteiger partial charge in [-0.15, -0.1) is 0 Å². The molecule has 1 amide bonds. The molecule has 35 heavy (non-hydrogen) atoms. The van der Waals surface area contributed by atoms with E-state index in [1.807, 2.05) is 57.3 Å². The second-order valence-electron chi connectivity index (χ2n) is 8.08. The highest BCUT2D eigenvalue weighted by Crippen LogP contribution is 2.29. The molecule has 0 spiro atoms. The number of aliphatic hydroxyl groups is 1. The fourth-order valence-corrected chi connectivity index (χ4v) is 3.95. The van der Waals surface area contributed by atoms with Gasteiger partial charge in [-0.25, -0.2) is 19.5 Å². The molecule has 3 aromatic heterocycles. The third-order valence-corrected chi connectivity index (χ3v) is 5.57. The van der Waals surface area contributed by atoms with Crippen LogP contribution in [0.5, 0.6) is 0 Å². The zero-order chi connectivity index (χ0) is 25.1. The van der Waals surface area contributed by atoms with Crippen LogP contribution in [0.25, 0.3) is 16.8 Å². The van der Waals surface area contributed by atoms with E-state index in [1.165, 1.54) is 6.33 Å². The molecule has 11 nitrogen and oxygen atoms in total. The van der Waals surface area contributed by atoms with E-state index in [2.05, 4.69) is 25.7 Å². The van der Waals surface area contributed by atoms with E-state index in [9.17, 15) is 10.1 Å². The lowest BCUT2D eigenvalue weighted by atomic mass is 9.97. The Morgan fingerprint density at radius 3 is 2.71 bits per heavy atom. The second-order valence-corrected chi connectivity index (χ2v) is 8.08. The molecule has 3 heterocycles. The first-order valence-corrected chi connectivity index (χ1v) is 11.0. The number of hydrogen-bond donors (Lipinski definition) is 4. The van der Waals surface area contributed by atoms with Crippen LogP contribution in [0, 0.1) is 25.2 Å². The highest BCUT2D eigenvalue weighted by molar-refractivity contribution is 5.98. The number of nitriles is 1. The van der Waals surface area contributed by atoms with E-state index in [0.717, 1.165) is 22.2 Å². The number of fused-ring (bicyclic) bond motifs is 1. The van der Waals surface area contributed by atoms with Crippen molar-refractivity contribution >= 4 is 23.1 Å². The topological polar surface area (TPSA) is 167 Å². The number of benzene rings is 1. The molecule has 0 aliphatic carbocycles. The number of anilines is 2. The van der Waals surface area contributed by atoms with Crippen LogP contribution < -0.4 is 16.4 Å². The molecule has 1 atom stereocenters. The van der Waals surface area contributed by atoms with E-state index in [0.29, 0.717) is 22.9 Å². The van der Waals surface area contributed by atoms with Crippen LogP contribution in [0.4, 0.5) is 11.6 Å². The standard InChI is InChI=1S/C24H25N9O2/c1-13-9-16(10-14(2)19(13)24(35)27-6-8-34)20-18-5-4-7-33(18)32-22(31-20)15(3)30-23-17(11-25)21(26)28-12-29-23/h4-5,7,9-10,12,15,34H,6,8H2,1-3H3,(H,27,35)(H3,26,28,29,30). The summed E-state index contributed by atoms with van der Waals surface area (Å²) >= 11 is 0. The molecule has 5 N–H and O–H groups in total. The summed E-state index contributed by atoms with van der Waals surface area (Å²) in [5.41, 5.74) is 10.5. The average molecular weight is 472 g/mol. The molecule has 4 aromatic rings. The summed E-state index contributed by atoms with van der Waals surface area (Å²) in [5.74, 6) is 0.640. The summed E-state index contributed by atoms with van der Waals surface area (Å²) in [6.45, 7) is 5.67. The van der Waals surface area contributed by atoms with Crippen molar-refractivity contribution in [2.45, 2.75) is 26.8 Å². The summed E-state index contributed by atoms with van der Waals surface area (Å²) in [7, 11) is 0. The van der Waals surface area contributed by atoms with Crippen LogP contribution in [0.1, 0.15) is 45.8 Å². The summed E-state index contributed by atoms with van der Waals surface area (Å²) in [6, 6.07) is 9.23. The average Bonchev–Trinajstić information content (AvgIpc) is 3.30. The molecule has 0 bridgehead atoms. The third-order valence-electron chi connectivity index (χ3n) is 5.57. The van der Waals surface area contributed by atoms with Crippen LogP contribution in [-0.2, 0) is 0 Å². The van der Waals surface area contributed by atoms with Gasteiger partial charge in [-0.2, -0.15) is 10.4 Å². The van der Waals surface area contributed by atoms with Gasteiger partial charge >= 0.3 is 0 Å². The Morgan fingerprint density at radius 2 is 2.03 bits per heavy atom. The molecular formula is C24H25N9O2. The number of carbonyl (C=O) groups excluding carboxylic acids is 1. The van der Waals surface area contributed by atoms with E-state index in [-0.39, 0.29) is 30.4 Å². The first-order chi connectivity index (χ1) is 16.8. The monoisotopic (exact) mass is 471 g/mol. The zero-order valence-electron chi connectivity index (χ0n) is 19.6. The van der Waals surface area contributed by atoms with Crippen molar-refractivity contribution < 1.29 is 9.90 Å². The minimum atomic E-state index is -0.410. The first-order valence-electron chi connectivity index (χ1n) is 11.0. The largest absolute Gasteiger partial charge is 0.395 e. The maximum atomic E-state index is 12.6. The Hall–Kier alpha value is -4.56. The molecule has 0 fully saturated rings. The Morgan fingerprint density at radius 1 is 1.29 bits per heavy atom. The van der Waals surface area contributed by atoms with Gasteiger partial charge in [0.05, 0.1) is 23.9 Å². The van der Waals surface area contributed by atoms with Gasteiger partial charge in [0.2, 0.25) is 0 Å². The molecule has 0 radical (unpaired) electrons. The van der Waals surface area contributed by atoms with Crippen molar-refractivity contribution in [1.82, 2.24) is 29.9 Å². The lowest BCUT2D eigenvalue weighted by Crippen LogP contribution is -2.27. The van der Waals surface area contributed by atoms with E-state index < -0.39 is 6.04 Å². The summed E-state index contributed by atoms with van der Waals surface area (Å²) in [6.07, 6.45) is 3.12. The van der Waals surface area contributed by atoms with Gasteiger partial charge in [0.15, 0.2) is 5.82 Å². The van der Waals surface area contributed by atoms with Gasteiger partial charge in [0, 0.05) is 23.9 Å². The minimum absolute atomic E-state index is 0.0914. The number of aliphatic hydroxyl groups excluding tert-OH is 1. The number of rotatable bonds is 7. The first kappa shape index (κ1) is 23.6. The predicted octanol–water partition coefficient (Wildman–Crippen LogP) is 2.15. The van der Waals surface area contributed by atoms with Crippen molar-refractivity contribution in [3.63, 3.8) is 0 Å². The molecule has 0 saturated heterocycles. The number of nitrogens with two attached hydrogens (primary N) is 1. The number of nitrogens with zero attached hydrogens (tertiary/aromatic N) is 6. The molecular weight excluding hydrogens is 446 g/mol. The Labute approximate surface area is 201 Å². The van der Waals surface area contributed by atoms with Gasteiger partial charge in [-0.1, -0.05) is 0 Å². The lowest BCUT2D eigenvalue weighted by Gasteiger charge is -2.17. The van der Waals surface area contributed by atoms with Crippen LogP contribution in [0.2, 0.25) is 0 Å². The van der Waals surface area contributed by atoms with Gasteiger partial charge < -0.3 is 21.5 Å². The van der Waals surface area contributed by atoms with Crippen molar-refractivity contribution in [3.05, 3.63) is 64.9 Å². The van der Waals surface area contributed by atoms with E-state index in [1.54, 1.807) is 4.52 Å². The van der Waals surface area contributed by atoms with E-state index in [4.69, 9.17) is 15.8 Å². The molecule has 4 rings (SSSR count). The lowest BCUT2D eigenvalue weighted by molar-refractivity contribution is 0.0943. The number of nitrogens with one attached hydrogen (secondary N) is 2. The van der Waals surface area contributed by atoms with Crippen LogP contribution in [0.3, 0.4) is 0 Å². The number of nitrogen functional groups attached to an aromatic ring is 1. The molecule has 1 aromatic carbocycles. The second kappa shape index (κ2) is 9.74. The molecule has 178 valence electrons. The Kier molecular flexibility index (Phi) is 6.57. The smallest absolute Gasteiger partial charge is 0.251 e. The highest BCUT2D eigenvalue weighted by Gasteiger charge is 2.20. The number of carbonyl (C=O) groups is 1. The summed E-state index contributed by atoms with van der Waals surface area (Å²) in [5, 5.41) is 28.9. The number of amides is 1. The minimum Gasteiger partial charge on any atom is -0.395 e. The number of aromatic nitrogens is 5. The number of hydrogen-bond acceptors (Lipinski definition) is 9. The highest BCUT2D eigenvalue weighted by atomic mass is 16.3. The fourth-order valence-electron chi connectivity index (χ4n) is 3.95.